The molecule has 0 aliphatic carbocycles. The molecule has 0 aliphatic heterocycles. The molecular weight excluding hydrogens is 324 g/mol. The van der Waals surface area contributed by atoms with Gasteiger partial charge in [-0.3, -0.25) is 5.43 Å². The Hall–Kier alpha value is -1.93. The van der Waals surface area contributed by atoms with E-state index >= 15 is 0 Å². The first-order valence-electron chi connectivity index (χ1n) is 6.01. The minimum atomic E-state index is 0.215. The summed E-state index contributed by atoms with van der Waals surface area (Å²) in [5.41, 5.74) is 4.35. The molecule has 0 unspecified atom stereocenters. The third kappa shape index (κ3) is 3.55. The number of anilines is 3. The highest BCUT2D eigenvalue weighted by Crippen LogP contribution is 2.22. The Morgan fingerprint density at radius 1 is 1.25 bits per heavy atom. The van der Waals surface area contributed by atoms with Crippen molar-refractivity contribution in [1.82, 2.24) is 15.0 Å². The van der Waals surface area contributed by atoms with Crippen molar-refractivity contribution >= 4 is 33.5 Å². The number of aromatic nitrogens is 3. The molecule has 1 aromatic carbocycles. The van der Waals surface area contributed by atoms with Gasteiger partial charge in [-0.05, 0) is 37.6 Å². The zero-order valence-corrected chi connectivity index (χ0v) is 12.7. The molecule has 0 fully saturated rings. The van der Waals surface area contributed by atoms with E-state index in [0.717, 1.165) is 15.7 Å². The lowest BCUT2D eigenvalue weighted by Gasteiger charge is -2.09. The monoisotopic (exact) mass is 338 g/mol. The Morgan fingerprint density at radius 3 is 2.65 bits per heavy atom. The summed E-state index contributed by atoms with van der Waals surface area (Å²) in [4.78, 5) is 12.3. The van der Waals surface area contributed by atoms with Crippen LogP contribution in [0.2, 0.25) is 0 Å². The van der Waals surface area contributed by atoms with Crippen LogP contribution in [-0.2, 0) is 0 Å². The van der Waals surface area contributed by atoms with Crippen LogP contribution < -0.4 is 21.3 Å². The lowest BCUT2D eigenvalue weighted by Crippen LogP contribution is -2.13. The van der Waals surface area contributed by atoms with E-state index in [9.17, 15) is 0 Å². The lowest BCUT2D eigenvalue weighted by atomic mass is 10.2. The van der Waals surface area contributed by atoms with Crippen LogP contribution in [0.15, 0.2) is 22.7 Å². The van der Waals surface area contributed by atoms with Crippen molar-refractivity contribution < 1.29 is 4.74 Å². The third-order valence-corrected chi connectivity index (χ3v) is 3.32. The first-order chi connectivity index (χ1) is 9.62. The minimum absolute atomic E-state index is 0.215. The number of hydrogen-bond acceptors (Lipinski definition) is 7. The zero-order chi connectivity index (χ0) is 14.5. The summed E-state index contributed by atoms with van der Waals surface area (Å²) in [6.45, 7) is 4.32. The van der Waals surface area contributed by atoms with Gasteiger partial charge in [-0.2, -0.15) is 15.0 Å². The van der Waals surface area contributed by atoms with E-state index in [1.807, 2.05) is 32.0 Å². The van der Waals surface area contributed by atoms with E-state index in [2.05, 4.69) is 41.6 Å². The maximum atomic E-state index is 5.33. The van der Waals surface area contributed by atoms with Crippen molar-refractivity contribution in [2.45, 2.75) is 13.8 Å². The molecule has 0 spiro atoms. The summed E-state index contributed by atoms with van der Waals surface area (Å²) < 4.78 is 6.30. The summed E-state index contributed by atoms with van der Waals surface area (Å²) in [6.07, 6.45) is 0. The normalized spacial score (nSPS) is 10.2. The fraction of sp³-hybridized carbons (Fsp3) is 0.250. The molecule has 1 aromatic heterocycles. The summed E-state index contributed by atoms with van der Waals surface area (Å²) in [6, 6.07) is 6.05. The third-order valence-electron chi connectivity index (χ3n) is 2.43. The van der Waals surface area contributed by atoms with Crippen molar-refractivity contribution in [3.8, 4) is 6.01 Å². The number of ether oxygens (including phenoxy) is 1. The number of hydrazine groups is 1. The summed E-state index contributed by atoms with van der Waals surface area (Å²) >= 11 is 3.45. The second-order valence-electron chi connectivity index (χ2n) is 3.93. The second kappa shape index (κ2) is 6.49. The summed E-state index contributed by atoms with van der Waals surface area (Å²) in [5.74, 6) is 5.92. The quantitative estimate of drug-likeness (QED) is 0.568. The van der Waals surface area contributed by atoms with Gasteiger partial charge in [-0.1, -0.05) is 15.9 Å². The molecule has 20 heavy (non-hydrogen) atoms. The van der Waals surface area contributed by atoms with Crippen LogP contribution in [-0.4, -0.2) is 21.6 Å². The number of nitrogens with zero attached hydrogens (tertiary/aromatic N) is 3. The first-order valence-corrected chi connectivity index (χ1v) is 6.80. The van der Waals surface area contributed by atoms with Gasteiger partial charge in [0.25, 0.3) is 0 Å². The molecule has 4 N–H and O–H groups in total. The van der Waals surface area contributed by atoms with Crippen molar-refractivity contribution in [3.63, 3.8) is 0 Å². The predicted molar refractivity (Wildman–Crippen MR) is 81.0 cm³/mol. The first kappa shape index (κ1) is 14.5. The van der Waals surface area contributed by atoms with E-state index in [1.165, 1.54) is 0 Å². The van der Waals surface area contributed by atoms with Gasteiger partial charge in [0.05, 0.1) is 6.61 Å². The van der Waals surface area contributed by atoms with E-state index in [1.54, 1.807) is 0 Å². The molecule has 0 radical (unpaired) electrons. The Morgan fingerprint density at radius 2 is 2.00 bits per heavy atom. The van der Waals surface area contributed by atoms with Gasteiger partial charge in [-0.25, -0.2) is 5.84 Å². The standard InChI is InChI=1S/C12H15BrN6O/c1-3-20-12-17-10(16-11(18-12)19-14)15-8-4-5-9(13)7(2)6-8/h4-6H,3,14H2,1-2H3,(H2,15,16,17,18,19). The Kier molecular flexibility index (Phi) is 4.70. The Labute approximate surface area is 125 Å². The summed E-state index contributed by atoms with van der Waals surface area (Å²) in [5, 5.41) is 3.09. The fourth-order valence-electron chi connectivity index (χ4n) is 1.52. The van der Waals surface area contributed by atoms with E-state index in [-0.39, 0.29) is 12.0 Å². The number of hydrogen-bond donors (Lipinski definition) is 3. The SMILES string of the molecule is CCOc1nc(NN)nc(Nc2ccc(Br)c(C)c2)n1. The topological polar surface area (TPSA) is 98.0 Å². The van der Waals surface area contributed by atoms with Gasteiger partial charge in [0.2, 0.25) is 11.9 Å². The van der Waals surface area contributed by atoms with Crippen molar-refractivity contribution in [1.29, 1.82) is 0 Å². The number of halogens is 1. The molecule has 8 heteroatoms. The van der Waals surface area contributed by atoms with Crippen molar-refractivity contribution in [2.24, 2.45) is 5.84 Å². The molecule has 0 aliphatic rings. The van der Waals surface area contributed by atoms with Crippen LogP contribution in [0.5, 0.6) is 6.01 Å². The Balaban J connectivity index is 2.27. The van der Waals surface area contributed by atoms with Crippen LogP contribution in [0.1, 0.15) is 12.5 Å². The fourth-order valence-corrected chi connectivity index (χ4v) is 1.77. The maximum absolute atomic E-state index is 5.33. The van der Waals surface area contributed by atoms with Crippen molar-refractivity contribution in [2.75, 3.05) is 17.3 Å². The number of aryl methyl sites for hydroxylation is 1. The number of rotatable bonds is 5. The number of nitrogen functional groups attached to an aromatic ring is 1. The van der Waals surface area contributed by atoms with Gasteiger partial charge in [0.1, 0.15) is 0 Å². The molecule has 0 saturated heterocycles. The predicted octanol–water partition coefficient (Wildman–Crippen LogP) is 2.37. The highest BCUT2D eigenvalue weighted by molar-refractivity contribution is 9.10. The van der Waals surface area contributed by atoms with Crippen LogP contribution in [0.3, 0.4) is 0 Å². The van der Waals surface area contributed by atoms with Crippen LogP contribution in [0.25, 0.3) is 0 Å². The molecular formula is C12H15BrN6O. The smallest absolute Gasteiger partial charge is 0.323 e. The molecule has 1 heterocycles. The van der Waals surface area contributed by atoms with E-state index in [4.69, 9.17) is 10.6 Å². The van der Waals surface area contributed by atoms with E-state index in [0.29, 0.717) is 12.6 Å². The van der Waals surface area contributed by atoms with Crippen molar-refractivity contribution in [3.05, 3.63) is 28.2 Å². The maximum Gasteiger partial charge on any atom is 0.323 e. The average molecular weight is 339 g/mol. The molecule has 2 aromatic rings. The molecule has 0 atom stereocenters. The van der Waals surface area contributed by atoms with Crippen LogP contribution >= 0.6 is 15.9 Å². The second-order valence-corrected chi connectivity index (χ2v) is 4.79. The zero-order valence-electron chi connectivity index (χ0n) is 11.1. The van der Waals surface area contributed by atoms with Crippen LogP contribution in [0, 0.1) is 6.92 Å². The Bertz CT molecular complexity index is 606. The minimum Gasteiger partial charge on any atom is -0.464 e. The lowest BCUT2D eigenvalue weighted by molar-refractivity contribution is 0.312. The number of nitrogens with two attached hydrogens (primary N) is 1. The van der Waals surface area contributed by atoms with E-state index < -0.39 is 0 Å². The van der Waals surface area contributed by atoms with Crippen LogP contribution in [0.4, 0.5) is 17.6 Å². The highest BCUT2D eigenvalue weighted by atomic mass is 79.9. The van der Waals surface area contributed by atoms with Gasteiger partial charge in [0.15, 0.2) is 0 Å². The highest BCUT2D eigenvalue weighted by Gasteiger charge is 2.07. The van der Waals surface area contributed by atoms with Gasteiger partial charge in [-0.15, -0.1) is 0 Å². The molecule has 0 amide bonds. The molecule has 0 bridgehead atoms. The number of nitrogens with one attached hydrogen (secondary N) is 2. The van der Waals surface area contributed by atoms with Gasteiger partial charge in [0, 0.05) is 10.2 Å². The average Bonchev–Trinajstić information content (AvgIpc) is 2.43. The molecule has 106 valence electrons. The van der Waals surface area contributed by atoms with Gasteiger partial charge >= 0.3 is 6.01 Å². The molecule has 7 nitrogen and oxygen atoms in total. The largest absolute Gasteiger partial charge is 0.464 e. The van der Waals surface area contributed by atoms with Gasteiger partial charge < -0.3 is 10.1 Å². The molecule has 0 saturated carbocycles. The summed E-state index contributed by atoms with van der Waals surface area (Å²) in [7, 11) is 0. The molecule has 2 rings (SSSR count). The number of benzene rings is 1.